The van der Waals surface area contributed by atoms with Crippen molar-refractivity contribution in [3.05, 3.63) is 71.9 Å². The molecule has 0 saturated heterocycles. The lowest BCUT2D eigenvalue weighted by atomic mass is 9.92. The van der Waals surface area contributed by atoms with Crippen molar-refractivity contribution in [2.75, 3.05) is 25.0 Å². The van der Waals surface area contributed by atoms with Crippen LogP contribution in [0.2, 0.25) is 0 Å². The van der Waals surface area contributed by atoms with Crippen LogP contribution in [0.1, 0.15) is 39.0 Å². The number of benzene rings is 2. The van der Waals surface area contributed by atoms with Gasteiger partial charge in [-0.05, 0) is 37.6 Å². The van der Waals surface area contributed by atoms with Crippen molar-refractivity contribution in [3.63, 3.8) is 0 Å². The maximum absolute atomic E-state index is 12.9. The quantitative estimate of drug-likeness (QED) is 0.556. The fourth-order valence-corrected chi connectivity index (χ4v) is 3.31. The molecule has 33 heavy (non-hydrogen) atoms. The van der Waals surface area contributed by atoms with Crippen LogP contribution in [0.3, 0.4) is 0 Å². The highest BCUT2D eigenvalue weighted by molar-refractivity contribution is 5.94. The average molecular weight is 449 g/mol. The number of anilines is 1. The van der Waals surface area contributed by atoms with E-state index in [1.807, 2.05) is 62.4 Å². The Bertz CT molecular complexity index is 1100. The van der Waals surface area contributed by atoms with Crippen LogP contribution in [0.4, 0.5) is 5.82 Å². The van der Waals surface area contributed by atoms with Gasteiger partial charge in [-0.2, -0.15) is 5.10 Å². The van der Waals surface area contributed by atoms with Gasteiger partial charge in [-0.1, -0.05) is 57.2 Å². The number of aryl methyl sites for hydroxylation is 1. The number of aromatic nitrogens is 2. The molecular weight excluding hydrogens is 416 g/mol. The van der Waals surface area contributed by atoms with Crippen molar-refractivity contribution in [1.29, 1.82) is 0 Å². The molecule has 1 N–H and O–H groups in total. The topological polar surface area (TPSA) is 76.5 Å². The van der Waals surface area contributed by atoms with Gasteiger partial charge in [-0.15, -0.1) is 0 Å². The first-order valence-electron chi connectivity index (χ1n) is 11.1. The third-order valence-electron chi connectivity index (χ3n) is 5.26. The number of likely N-dealkylation sites (N-methyl/N-ethyl adjacent to an activating group) is 1. The molecule has 0 radical (unpaired) electrons. The fourth-order valence-electron chi connectivity index (χ4n) is 3.31. The molecule has 2 aromatic carbocycles. The zero-order valence-corrected chi connectivity index (χ0v) is 20.0. The number of hydrogen-bond acceptors (Lipinski definition) is 4. The number of nitrogens with one attached hydrogen (secondary N) is 1. The molecule has 7 heteroatoms. The molecule has 0 saturated carbocycles. The number of rotatable bonds is 8. The van der Waals surface area contributed by atoms with Crippen molar-refractivity contribution in [1.82, 2.24) is 14.7 Å². The van der Waals surface area contributed by atoms with Crippen LogP contribution in [-0.2, 0) is 15.0 Å². The van der Waals surface area contributed by atoms with Crippen LogP contribution in [0, 0.1) is 6.92 Å². The molecule has 0 aliphatic carbocycles. The second-order valence-electron chi connectivity index (χ2n) is 8.92. The van der Waals surface area contributed by atoms with Gasteiger partial charge in [0.1, 0.15) is 11.6 Å². The zero-order valence-electron chi connectivity index (χ0n) is 20.0. The van der Waals surface area contributed by atoms with E-state index >= 15 is 0 Å². The Kier molecular flexibility index (Phi) is 7.53. The summed E-state index contributed by atoms with van der Waals surface area (Å²) >= 11 is 0. The van der Waals surface area contributed by atoms with Gasteiger partial charge in [0.15, 0.2) is 6.61 Å². The summed E-state index contributed by atoms with van der Waals surface area (Å²) < 4.78 is 7.30. The molecule has 1 heterocycles. The number of nitrogens with zero attached hydrogens (tertiary/aromatic N) is 3. The Hall–Kier alpha value is -3.61. The summed E-state index contributed by atoms with van der Waals surface area (Å²) in [4.78, 5) is 27.0. The van der Waals surface area contributed by atoms with Gasteiger partial charge in [-0.25, -0.2) is 4.68 Å². The largest absolute Gasteiger partial charge is 0.484 e. The monoisotopic (exact) mass is 448 g/mol. The van der Waals surface area contributed by atoms with Gasteiger partial charge in [0.25, 0.3) is 5.91 Å². The van der Waals surface area contributed by atoms with E-state index in [1.165, 1.54) is 4.90 Å². The molecule has 0 atom stereocenters. The minimum atomic E-state index is -0.292. The smallest absolute Gasteiger partial charge is 0.260 e. The summed E-state index contributed by atoms with van der Waals surface area (Å²) in [6.07, 6.45) is 0. The van der Waals surface area contributed by atoms with E-state index in [-0.39, 0.29) is 30.4 Å². The average Bonchev–Trinajstić information content (AvgIpc) is 3.20. The van der Waals surface area contributed by atoms with Crippen LogP contribution >= 0.6 is 0 Å². The number of hydrogen-bond donors (Lipinski definition) is 1. The molecule has 1 aromatic heterocycles. The van der Waals surface area contributed by atoms with E-state index in [2.05, 4.69) is 26.1 Å². The summed E-state index contributed by atoms with van der Waals surface area (Å²) in [5.41, 5.74) is 2.61. The van der Waals surface area contributed by atoms with Gasteiger partial charge in [0.2, 0.25) is 5.91 Å². The van der Waals surface area contributed by atoms with Crippen molar-refractivity contribution in [2.45, 2.75) is 40.0 Å². The summed E-state index contributed by atoms with van der Waals surface area (Å²) in [6, 6.07) is 18.9. The van der Waals surface area contributed by atoms with Gasteiger partial charge >= 0.3 is 0 Å². The molecule has 0 bridgehead atoms. The minimum absolute atomic E-state index is 0.0721. The third-order valence-corrected chi connectivity index (χ3v) is 5.26. The Morgan fingerprint density at radius 1 is 1.06 bits per heavy atom. The Morgan fingerprint density at radius 3 is 2.36 bits per heavy atom. The van der Waals surface area contributed by atoms with E-state index in [4.69, 9.17) is 9.84 Å². The van der Waals surface area contributed by atoms with E-state index in [9.17, 15) is 9.59 Å². The summed E-state index contributed by atoms with van der Waals surface area (Å²) in [5, 5.41) is 7.71. The highest BCUT2D eigenvalue weighted by Gasteiger charge is 2.23. The molecule has 0 fully saturated rings. The van der Waals surface area contributed by atoms with Gasteiger partial charge in [0, 0.05) is 18.0 Å². The number of carbonyl (C=O) groups is 2. The van der Waals surface area contributed by atoms with Crippen LogP contribution < -0.4 is 10.1 Å². The molecule has 0 aliphatic heterocycles. The van der Waals surface area contributed by atoms with Gasteiger partial charge < -0.3 is 15.0 Å². The standard InChI is InChI=1S/C26H32N4O3/c1-6-29(25(32)18-33-20-13-8-7-9-14-20)17-24(31)27-23-16-22(26(3,4)5)28-30(23)21-15-11-10-12-19(21)2/h7-16H,6,17-18H2,1-5H3,(H,27,31). The maximum atomic E-state index is 12.9. The highest BCUT2D eigenvalue weighted by atomic mass is 16.5. The molecule has 3 aromatic rings. The number of carbonyl (C=O) groups excluding carboxylic acids is 2. The van der Waals surface area contributed by atoms with Gasteiger partial charge in [0.05, 0.1) is 17.9 Å². The SMILES string of the molecule is CCN(CC(=O)Nc1cc(C(C)(C)C)nn1-c1ccccc1C)C(=O)COc1ccccc1. The Labute approximate surface area is 195 Å². The summed E-state index contributed by atoms with van der Waals surface area (Å²) in [5.74, 6) is 0.644. The lowest BCUT2D eigenvalue weighted by molar-refractivity contribution is -0.136. The van der Waals surface area contributed by atoms with Crippen LogP contribution in [0.25, 0.3) is 5.69 Å². The first-order chi connectivity index (χ1) is 15.7. The molecule has 174 valence electrons. The Balaban J connectivity index is 1.73. The van der Waals surface area contributed by atoms with Crippen molar-refractivity contribution in [3.8, 4) is 11.4 Å². The minimum Gasteiger partial charge on any atom is -0.484 e. The number of amides is 2. The maximum Gasteiger partial charge on any atom is 0.260 e. The van der Waals surface area contributed by atoms with Crippen molar-refractivity contribution in [2.24, 2.45) is 0 Å². The first-order valence-corrected chi connectivity index (χ1v) is 11.1. The normalized spacial score (nSPS) is 11.2. The number of para-hydroxylation sites is 2. The summed E-state index contributed by atoms with van der Waals surface area (Å²) in [7, 11) is 0. The molecule has 3 rings (SSSR count). The molecular formula is C26H32N4O3. The second-order valence-corrected chi connectivity index (χ2v) is 8.92. The van der Waals surface area contributed by atoms with Crippen LogP contribution in [-0.4, -0.2) is 46.2 Å². The van der Waals surface area contributed by atoms with Gasteiger partial charge in [-0.3, -0.25) is 9.59 Å². The predicted octanol–water partition coefficient (Wildman–Crippen LogP) is 4.34. The predicted molar refractivity (Wildman–Crippen MR) is 130 cm³/mol. The van der Waals surface area contributed by atoms with E-state index < -0.39 is 0 Å². The first kappa shape index (κ1) is 24.0. The lowest BCUT2D eigenvalue weighted by Gasteiger charge is -2.20. The number of ether oxygens (including phenoxy) is 1. The van der Waals surface area contributed by atoms with Crippen LogP contribution in [0.15, 0.2) is 60.7 Å². The molecule has 2 amide bonds. The molecule has 7 nitrogen and oxygen atoms in total. The van der Waals surface area contributed by atoms with Crippen molar-refractivity contribution >= 4 is 17.6 Å². The summed E-state index contributed by atoms with van der Waals surface area (Å²) in [6.45, 7) is 10.3. The third kappa shape index (κ3) is 6.22. The van der Waals surface area contributed by atoms with E-state index in [0.29, 0.717) is 18.1 Å². The van der Waals surface area contributed by atoms with E-state index in [0.717, 1.165) is 16.9 Å². The Morgan fingerprint density at radius 2 is 1.73 bits per heavy atom. The molecule has 0 unspecified atom stereocenters. The fraction of sp³-hybridized carbons (Fsp3) is 0.346. The molecule has 0 aliphatic rings. The van der Waals surface area contributed by atoms with E-state index in [1.54, 1.807) is 16.8 Å². The van der Waals surface area contributed by atoms with Crippen molar-refractivity contribution < 1.29 is 14.3 Å². The molecule has 0 spiro atoms. The lowest BCUT2D eigenvalue weighted by Crippen LogP contribution is -2.40. The second kappa shape index (κ2) is 10.3. The zero-order chi connectivity index (χ0) is 24.0. The van der Waals surface area contributed by atoms with Crippen LogP contribution in [0.5, 0.6) is 5.75 Å². The highest BCUT2D eigenvalue weighted by Crippen LogP contribution is 2.27.